The molecule has 0 saturated carbocycles. The van der Waals surface area contributed by atoms with Crippen molar-refractivity contribution in [2.45, 2.75) is 239 Å². The summed E-state index contributed by atoms with van der Waals surface area (Å²) in [6, 6.07) is 0. The molecule has 6 heteroatoms. The van der Waals surface area contributed by atoms with E-state index in [1.54, 1.807) is 0 Å². The highest BCUT2D eigenvalue weighted by molar-refractivity contribution is 5.71. The minimum Gasteiger partial charge on any atom is -0.462 e. The molecule has 0 aromatic rings. The molecule has 0 amide bonds. The number of carbonyl (C=O) groups is 3. The van der Waals surface area contributed by atoms with E-state index in [1.807, 2.05) is 0 Å². The van der Waals surface area contributed by atoms with Crippen LogP contribution in [0.1, 0.15) is 233 Å². The lowest BCUT2D eigenvalue weighted by atomic mass is 10.0. The van der Waals surface area contributed by atoms with Crippen LogP contribution in [0.15, 0.2) is 60.8 Å². The van der Waals surface area contributed by atoms with E-state index in [9.17, 15) is 14.4 Å². The van der Waals surface area contributed by atoms with Gasteiger partial charge in [0.1, 0.15) is 13.2 Å². The molecule has 1 atom stereocenters. The Morgan fingerprint density at radius 1 is 0.362 bits per heavy atom. The minimum atomic E-state index is -0.790. The largest absolute Gasteiger partial charge is 0.462 e. The summed E-state index contributed by atoms with van der Waals surface area (Å²) in [5, 5.41) is 0. The molecule has 0 N–H and O–H groups in total. The van der Waals surface area contributed by atoms with E-state index < -0.39 is 6.10 Å². The Bertz CT molecular complexity index is 1070. The molecular formula is C52H90O6. The van der Waals surface area contributed by atoms with Gasteiger partial charge in [0.15, 0.2) is 6.10 Å². The molecular weight excluding hydrogens is 721 g/mol. The van der Waals surface area contributed by atoms with Gasteiger partial charge in [-0.2, -0.15) is 0 Å². The smallest absolute Gasteiger partial charge is 0.306 e. The number of unbranched alkanes of at least 4 members (excludes halogenated alkanes) is 22. The van der Waals surface area contributed by atoms with Gasteiger partial charge in [-0.15, -0.1) is 0 Å². The number of esters is 3. The normalized spacial score (nSPS) is 12.5. The monoisotopic (exact) mass is 811 g/mol. The van der Waals surface area contributed by atoms with Gasteiger partial charge in [-0.1, -0.05) is 191 Å². The topological polar surface area (TPSA) is 78.9 Å². The van der Waals surface area contributed by atoms with Crippen LogP contribution >= 0.6 is 0 Å². The Hall–Kier alpha value is -2.89. The fourth-order valence-electron chi connectivity index (χ4n) is 6.60. The summed E-state index contributed by atoms with van der Waals surface area (Å²) < 4.78 is 16.7. The Labute approximate surface area is 358 Å². The fourth-order valence-corrected chi connectivity index (χ4v) is 6.60. The van der Waals surface area contributed by atoms with Crippen molar-refractivity contribution in [3.05, 3.63) is 60.8 Å². The summed E-state index contributed by atoms with van der Waals surface area (Å²) in [5.74, 6) is -0.940. The van der Waals surface area contributed by atoms with Crippen molar-refractivity contribution in [1.29, 1.82) is 0 Å². The van der Waals surface area contributed by atoms with Crippen molar-refractivity contribution in [3.63, 3.8) is 0 Å². The Morgan fingerprint density at radius 3 is 1.12 bits per heavy atom. The second-order valence-electron chi connectivity index (χ2n) is 16.0. The molecule has 0 aromatic heterocycles. The van der Waals surface area contributed by atoms with Crippen LogP contribution in [-0.4, -0.2) is 37.2 Å². The molecule has 0 bridgehead atoms. The summed E-state index contributed by atoms with van der Waals surface area (Å²) >= 11 is 0. The molecule has 0 rings (SSSR count). The third kappa shape index (κ3) is 44.2. The minimum absolute atomic E-state index is 0.0904. The van der Waals surface area contributed by atoms with Crippen molar-refractivity contribution in [3.8, 4) is 0 Å². The maximum absolute atomic E-state index is 12.7. The third-order valence-corrected chi connectivity index (χ3v) is 10.3. The number of hydrogen-bond donors (Lipinski definition) is 0. The Kier molecular flexibility index (Phi) is 44.5. The van der Waals surface area contributed by atoms with Gasteiger partial charge in [-0.05, 0) is 83.5 Å². The zero-order valence-corrected chi connectivity index (χ0v) is 38.0. The molecule has 334 valence electrons. The molecule has 58 heavy (non-hydrogen) atoms. The standard InChI is InChI=1S/C52H90O6/c1-4-7-10-13-16-19-22-25-26-28-31-33-36-39-42-45-51(54)57-48-49(58-52(55)46-43-40-37-34-29-24-21-18-15-12-9-6-3)47-56-50(53)44-41-38-35-32-30-27-23-20-17-14-11-8-5-2/h7,10,16,19-20,23,25-26,31,33,49H,4-6,8-9,11-15,17-18,21-22,24,27-30,32,34-48H2,1-3H3/b10-7-,19-16-,23-20-,26-25-,33-31-/t49-/m0/s1. The SMILES string of the molecule is CC/C=C\C/C=C\C/C=C\C/C=C\CCCCC(=O)OC[C@H](COC(=O)CCCCCCC/C=C\CCCCCC)OC(=O)CCCCCCCCCCCCCC. The molecule has 6 nitrogen and oxygen atoms in total. The zero-order chi connectivity index (χ0) is 42.3. The maximum Gasteiger partial charge on any atom is 0.306 e. The van der Waals surface area contributed by atoms with Crippen molar-refractivity contribution in [1.82, 2.24) is 0 Å². The number of rotatable bonds is 43. The predicted molar refractivity (Wildman–Crippen MR) is 247 cm³/mol. The van der Waals surface area contributed by atoms with Crippen LogP contribution < -0.4 is 0 Å². The maximum atomic E-state index is 12.7. The van der Waals surface area contributed by atoms with Crippen molar-refractivity contribution in [2.24, 2.45) is 0 Å². The predicted octanol–water partition coefficient (Wildman–Crippen LogP) is 15.7. The van der Waals surface area contributed by atoms with E-state index in [-0.39, 0.29) is 31.1 Å². The molecule has 0 aliphatic heterocycles. The Morgan fingerprint density at radius 2 is 0.672 bits per heavy atom. The molecule has 0 aliphatic rings. The fraction of sp³-hybridized carbons (Fsp3) is 0.750. The first-order chi connectivity index (χ1) is 28.5. The van der Waals surface area contributed by atoms with E-state index in [0.29, 0.717) is 19.3 Å². The van der Waals surface area contributed by atoms with Gasteiger partial charge in [-0.25, -0.2) is 0 Å². The van der Waals surface area contributed by atoms with Crippen molar-refractivity contribution >= 4 is 17.9 Å². The van der Waals surface area contributed by atoms with Gasteiger partial charge in [0.25, 0.3) is 0 Å². The first kappa shape index (κ1) is 55.1. The van der Waals surface area contributed by atoms with E-state index in [0.717, 1.165) is 89.9 Å². The lowest BCUT2D eigenvalue weighted by Crippen LogP contribution is -2.30. The average molecular weight is 811 g/mol. The first-order valence-electron chi connectivity index (χ1n) is 24.3. The lowest BCUT2D eigenvalue weighted by molar-refractivity contribution is -0.167. The lowest BCUT2D eigenvalue weighted by Gasteiger charge is -2.18. The van der Waals surface area contributed by atoms with Crippen LogP contribution in [0.25, 0.3) is 0 Å². The van der Waals surface area contributed by atoms with Gasteiger partial charge >= 0.3 is 17.9 Å². The third-order valence-electron chi connectivity index (χ3n) is 10.3. The highest BCUT2D eigenvalue weighted by Crippen LogP contribution is 2.14. The zero-order valence-electron chi connectivity index (χ0n) is 38.0. The van der Waals surface area contributed by atoms with Crippen molar-refractivity contribution < 1.29 is 28.6 Å². The van der Waals surface area contributed by atoms with Crippen LogP contribution in [0.3, 0.4) is 0 Å². The number of hydrogen-bond acceptors (Lipinski definition) is 6. The molecule has 0 radical (unpaired) electrons. The van der Waals surface area contributed by atoms with E-state index in [1.165, 1.54) is 103 Å². The van der Waals surface area contributed by atoms with Crippen LogP contribution in [-0.2, 0) is 28.6 Å². The second-order valence-corrected chi connectivity index (χ2v) is 16.0. The molecule has 0 saturated heterocycles. The summed E-state index contributed by atoms with van der Waals surface area (Å²) in [4.78, 5) is 37.8. The van der Waals surface area contributed by atoms with Crippen LogP contribution in [0.5, 0.6) is 0 Å². The summed E-state index contributed by atoms with van der Waals surface area (Å²) in [7, 11) is 0. The highest BCUT2D eigenvalue weighted by Gasteiger charge is 2.19. The molecule has 0 unspecified atom stereocenters. The van der Waals surface area contributed by atoms with Crippen molar-refractivity contribution in [2.75, 3.05) is 13.2 Å². The molecule has 0 aliphatic carbocycles. The van der Waals surface area contributed by atoms with Gasteiger partial charge in [0.2, 0.25) is 0 Å². The van der Waals surface area contributed by atoms with Gasteiger partial charge in [-0.3, -0.25) is 14.4 Å². The van der Waals surface area contributed by atoms with Crippen LogP contribution in [0, 0.1) is 0 Å². The van der Waals surface area contributed by atoms with Gasteiger partial charge in [0.05, 0.1) is 0 Å². The average Bonchev–Trinajstić information content (AvgIpc) is 3.22. The Balaban J connectivity index is 4.45. The summed E-state index contributed by atoms with van der Waals surface area (Å²) in [6.07, 6.45) is 56.3. The molecule has 0 fully saturated rings. The van der Waals surface area contributed by atoms with Crippen LogP contribution in [0.2, 0.25) is 0 Å². The number of carbonyl (C=O) groups excluding carboxylic acids is 3. The summed E-state index contributed by atoms with van der Waals surface area (Å²) in [6.45, 7) is 6.46. The van der Waals surface area contributed by atoms with Crippen LogP contribution in [0.4, 0.5) is 0 Å². The van der Waals surface area contributed by atoms with E-state index in [2.05, 4.69) is 81.5 Å². The summed E-state index contributed by atoms with van der Waals surface area (Å²) in [5.41, 5.74) is 0. The molecule has 0 heterocycles. The quantitative estimate of drug-likeness (QED) is 0.0264. The number of allylic oxidation sites excluding steroid dienone is 10. The molecule has 0 aromatic carbocycles. The number of ether oxygens (including phenoxy) is 3. The van der Waals surface area contributed by atoms with E-state index in [4.69, 9.17) is 14.2 Å². The first-order valence-corrected chi connectivity index (χ1v) is 24.3. The van der Waals surface area contributed by atoms with E-state index >= 15 is 0 Å². The highest BCUT2D eigenvalue weighted by atomic mass is 16.6. The second kappa shape index (κ2) is 46.8. The molecule has 0 spiro atoms. The van der Waals surface area contributed by atoms with Gasteiger partial charge < -0.3 is 14.2 Å². The van der Waals surface area contributed by atoms with Gasteiger partial charge in [0, 0.05) is 19.3 Å².